The zero-order chi connectivity index (χ0) is 20.7. The third-order valence-corrected chi connectivity index (χ3v) is 6.19. The summed E-state index contributed by atoms with van der Waals surface area (Å²) in [5.74, 6) is 1.77. The van der Waals surface area contributed by atoms with Crippen molar-refractivity contribution in [2.75, 3.05) is 19.8 Å². The number of hydrogen-bond acceptors (Lipinski definition) is 4. The molecule has 2 aromatic heterocycles. The van der Waals surface area contributed by atoms with Gasteiger partial charge in [-0.3, -0.25) is 4.79 Å². The molecule has 0 bridgehead atoms. The van der Waals surface area contributed by atoms with Crippen LogP contribution in [0.15, 0.2) is 24.7 Å². The predicted molar refractivity (Wildman–Crippen MR) is 117 cm³/mol. The minimum Gasteiger partial charge on any atom is -0.383 e. The Morgan fingerprint density at radius 2 is 1.90 bits per heavy atom. The van der Waals surface area contributed by atoms with E-state index in [9.17, 15) is 4.79 Å². The summed E-state index contributed by atoms with van der Waals surface area (Å²) in [6.07, 6.45) is 9.53. The largest absolute Gasteiger partial charge is 0.383 e. The zero-order valence-electron chi connectivity index (χ0n) is 17.7. The van der Waals surface area contributed by atoms with E-state index < -0.39 is 0 Å². The molecule has 1 amide bonds. The van der Waals surface area contributed by atoms with Gasteiger partial charge in [0.05, 0.1) is 5.52 Å². The molecule has 6 nitrogen and oxygen atoms in total. The Hall–Kier alpha value is -2.89. The number of aromatic nitrogens is 3. The number of rotatable bonds is 3. The number of nitrogens with zero attached hydrogens (tertiary/aromatic N) is 4. The normalized spacial score (nSPS) is 15.0. The maximum atomic E-state index is 13.1. The summed E-state index contributed by atoms with van der Waals surface area (Å²) < 4.78 is 2.08. The number of nitrogen functional groups attached to an aromatic ring is 1. The number of carbonyl (C=O) groups excluding carboxylic acids is 1. The highest BCUT2D eigenvalue weighted by Crippen LogP contribution is 2.41. The van der Waals surface area contributed by atoms with Crippen LogP contribution in [0.4, 0.5) is 5.82 Å². The lowest BCUT2D eigenvalue weighted by Gasteiger charge is -2.27. The predicted octanol–water partition coefficient (Wildman–Crippen LogP) is 4.37. The van der Waals surface area contributed by atoms with Gasteiger partial charge in [0.15, 0.2) is 0 Å². The van der Waals surface area contributed by atoms with Gasteiger partial charge in [-0.05, 0) is 55.9 Å². The summed E-state index contributed by atoms with van der Waals surface area (Å²) in [5.41, 5.74) is 11.0. The lowest BCUT2D eigenvalue weighted by molar-refractivity contribution is 0.0825. The minimum atomic E-state index is 0.0835. The van der Waals surface area contributed by atoms with Crippen molar-refractivity contribution in [1.82, 2.24) is 19.4 Å². The molecule has 1 aliphatic rings. The van der Waals surface area contributed by atoms with E-state index in [1.807, 2.05) is 34.1 Å². The minimum absolute atomic E-state index is 0.0835. The van der Waals surface area contributed by atoms with Crippen LogP contribution >= 0.6 is 0 Å². The Morgan fingerprint density at radius 3 is 2.59 bits per heavy atom. The highest BCUT2D eigenvalue weighted by atomic mass is 16.2. The molecule has 152 valence electrons. The first-order valence-corrected chi connectivity index (χ1v) is 10.3. The van der Waals surface area contributed by atoms with Gasteiger partial charge in [-0.1, -0.05) is 19.3 Å². The summed E-state index contributed by atoms with van der Waals surface area (Å²) in [5, 5.41) is 1.14. The molecule has 4 rings (SSSR count). The molecule has 1 aliphatic carbocycles. The lowest BCUT2D eigenvalue weighted by Crippen LogP contribution is -2.25. The Morgan fingerprint density at radius 1 is 1.17 bits per heavy atom. The Labute approximate surface area is 171 Å². The molecule has 0 spiro atoms. The van der Waals surface area contributed by atoms with Crippen molar-refractivity contribution in [1.29, 1.82) is 0 Å². The molecule has 0 unspecified atom stereocenters. The molecule has 1 aromatic carbocycles. The van der Waals surface area contributed by atoms with E-state index in [2.05, 4.69) is 26.7 Å². The Balaban J connectivity index is 2.00. The molecular formula is C23H29N5O. The van der Waals surface area contributed by atoms with Crippen LogP contribution < -0.4 is 5.73 Å². The van der Waals surface area contributed by atoms with Gasteiger partial charge in [0.25, 0.3) is 5.91 Å². The van der Waals surface area contributed by atoms with Gasteiger partial charge in [-0.15, -0.1) is 0 Å². The second-order valence-electron chi connectivity index (χ2n) is 8.34. The fraction of sp³-hybridized carbons (Fsp3) is 0.435. The van der Waals surface area contributed by atoms with E-state index in [-0.39, 0.29) is 5.91 Å². The second kappa shape index (κ2) is 7.50. The van der Waals surface area contributed by atoms with Crippen LogP contribution in [0, 0.1) is 13.8 Å². The average Bonchev–Trinajstić information content (AvgIpc) is 3.12. The van der Waals surface area contributed by atoms with Crippen molar-refractivity contribution in [3.63, 3.8) is 0 Å². The Bertz CT molecular complexity index is 1080. The standard InChI is InChI=1S/C23H29N5O/c1-14-12-18-17(10-11-28(18)22-15(2)21(24)25-13-26-22)20(16-8-6-5-7-9-16)19(14)23(29)27(3)4/h10-13,16H,5-9H2,1-4H3,(H2,24,25,26). The fourth-order valence-corrected chi connectivity index (χ4v) is 4.65. The number of anilines is 1. The topological polar surface area (TPSA) is 77.0 Å². The zero-order valence-corrected chi connectivity index (χ0v) is 17.7. The van der Waals surface area contributed by atoms with Gasteiger partial charge < -0.3 is 15.2 Å². The average molecular weight is 392 g/mol. The SMILES string of the molecule is Cc1cc2c(ccn2-c2ncnc(N)c2C)c(C2CCCCC2)c1C(=O)N(C)C. The van der Waals surface area contributed by atoms with Crippen molar-refractivity contribution in [2.45, 2.75) is 51.9 Å². The van der Waals surface area contributed by atoms with Crippen molar-refractivity contribution in [3.05, 3.63) is 46.9 Å². The van der Waals surface area contributed by atoms with Crippen molar-refractivity contribution in [3.8, 4) is 5.82 Å². The second-order valence-corrected chi connectivity index (χ2v) is 8.34. The molecule has 0 aliphatic heterocycles. The lowest BCUT2D eigenvalue weighted by atomic mass is 9.79. The van der Waals surface area contributed by atoms with Gasteiger partial charge in [0.1, 0.15) is 18.0 Å². The van der Waals surface area contributed by atoms with Crippen LogP contribution in [0.1, 0.15) is 65.1 Å². The molecule has 6 heteroatoms. The first kappa shape index (κ1) is 19.4. The smallest absolute Gasteiger partial charge is 0.253 e. The summed E-state index contributed by atoms with van der Waals surface area (Å²) in [4.78, 5) is 23.4. The van der Waals surface area contributed by atoms with E-state index in [4.69, 9.17) is 5.73 Å². The number of carbonyl (C=O) groups is 1. The third-order valence-electron chi connectivity index (χ3n) is 6.19. The molecule has 2 heterocycles. The van der Waals surface area contributed by atoms with Crippen LogP contribution in [0.5, 0.6) is 0 Å². The highest BCUT2D eigenvalue weighted by Gasteiger charge is 2.27. The molecule has 1 fully saturated rings. The van der Waals surface area contributed by atoms with Crippen LogP contribution in [0.3, 0.4) is 0 Å². The molecule has 0 atom stereocenters. The number of hydrogen-bond donors (Lipinski definition) is 1. The fourth-order valence-electron chi connectivity index (χ4n) is 4.65. The molecule has 29 heavy (non-hydrogen) atoms. The number of fused-ring (bicyclic) bond motifs is 1. The van der Waals surface area contributed by atoms with E-state index in [0.717, 1.165) is 46.3 Å². The van der Waals surface area contributed by atoms with Crippen LogP contribution in [0.25, 0.3) is 16.7 Å². The molecular weight excluding hydrogens is 362 g/mol. The van der Waals surface area contributed by atoms with E-state index in [1.165, 1.54) is 31.2 Å². The van der Waals surface area contributed by atoms with Gasteiger partial charge in [-0.25, -0.2) is 9.97 Å². The first-order chi connectivity index (χ1) is 13.9. The van der Waals surface area contributed by atoms with Gasteiger partial charge in [-0.2, -0.15) is 0 Å². The number of benzene rings is 1. The molecule has 2 N–H and O–H groups in total. The van der Waals surface area contributed by atoms with Gasteiger partial charge in [0.2, 0.25) is 0 Å². The monoisotopic (exact) mass is 391 g/mol. The summed E-state index contributed by atoms with van der Waals surface area (Å²) in [6.45, 7) is 3.98. The Kier molecular flexibility index (Phi) is 5.03. The summed E-state index contributed by atoms with van der Waals surface area (Å²) >= 11 is 0. The number of aryl methyl sites for hydroxylation is 1. The maximum Gasteiger partial charge on any atom is 0.253 e. The van der Waals surface area contributed by atoms with Crippen LogP contribution in [-0.4, -0.2) is 39.4 Å². The van der Waals surface area contributed by atoms with Crippen molar-refractivity contribution in [2.24, 2.45) is 0 Å². The van der Waals surface area contributed by atoms with E-state index >= 15 is 0 Å². The first-order valence-electron chi connectivity index (χ1n) is 10.3. The maximum absolute atomic E-state index is 13.1. The van der Waals surface area contributed by atoms with Crippen LogP contribution in [0.2, 0.25) is 0 Å². The number of amides is 1. The highest BCUT2D eigenvalue weighted by molar-refractivity contribution is 6.03. The van der Waals surface area contributed by atoms with Gasteiger partial charge >= 0.3 is 0 Å². The molecule has 1 saturated carbocycles. The van der Waals surface area contributed by atoms with Crippen molar-refractivity contribution >= 4 is 22.6 Å². The quantitative estimate of drug-likeness (QED) is 0.719. The van der Waals surface area contributed by atoms with E-state index in [1.54, 1.807) is 4.90 Å². The summed E-state index contributed by atoms with van der Waals surface area (Å²) in [7, 11) is 3.66. The molecule has 3 aromatic rings. The van der Waals surface area contributed by atoms with E-state index in [0.29, 0.717) is 11.7 Å². The molecule has 0 radical (unpaired) electrons. The number of nitrogens with two attached hydrogens (primary N) is 1. The van der Waals surface area contributed by atoms with Gasteiger partial charge in [0, 0.05) is 36.8 Å². The summed E-state index contributed by atoms with van der Waals surface area (Å²) in [6, 6.07) is 4.24. The van der Waals surface area contributed by atoms with Crippen molar-refractivity contribution < 1.29 is 4.79 Å². The third kappa shape index (κ3) is 3.26. The molecule has 0 saturated heterocycles. The van der Waals surface area contributed by atoms with Crippen LogP contribution in [-0.2, 0) is 0 Å².